The number of nitrogens with zero attached hydrogens (tertiary/aromatic N) is 2. The molecule has 0 spiro atoms. The molecule has 130 valence electrons. The minimum Gasteiger partial charge on any atom is -0.454 e. The number of nitrogens with one attached hydrogen (secondary N) is 1. The van der Waals surface area contributed by atoms with Gasteiger partial charge in [-0.1, -0.05) is 6.07 Å². The first-order valence-electron chi connectivity index (χ1n) is 8.04. The molecular formula is C17H17N3O5. The first-order valence-corrected chi connectivity index (χ1v) is 8.04. The van der Waals surface area contributed by atoms with Gasteiger partial charge < -0.3 is 19.5 Å². The quantitative estimate of drug-likeness (QED) is 0.822. The standard InChI is InChI=1S/C17H17N3O5/c21-13-8-20(17(23)12-2-4-16(22)19-18-12)6-5-11(13)10-1-3-14-15(7-10)25-9-24-14/h1-4,7,11,13,21H,5-6,8-9H2,(H,19,22)/t11-,13+/m0/s1. The van der Waals surface area contributed by atoms with E-state index in [9.17, 15) is 14.7 Å². The monoisotopic (exact) mass is 343 g/mol. The topological polar surface area (TPSA) is 105 Å². The van der Waals surface area contributed by atoms with Gasteiger partial charge in [0.2, 0.25) is 6.79 Å². The summed E-state index contributed by atoms with van der Waals surface area (Å²) >= 11 is 0. The van der Waals surface area contributed by atoms with Gasteiger partial charge in [0, 0.05) is 25.1 Å². The first-order chi connectivity index (χ1) is 12.1. The highest BCUT2D eigenvalue weighted by atomic mass is 16.7. The van der Waals surface area contributed by atoms with E-state index in [0.29, 0.717) is 24.5 Å². The average Bonchev–Trinajstić information content (AvgIpc) is 3.09. The Morgan fingerprint density at radius 1 is 1.24 bits per heavy atom. The lowest BCUT2D eigenvalue weighted by molar-refractivity contribution is 0.0376. The van der Waals surface area contributed by atoms with Crippen molar-refractivity contribution in [2.24, 2.45) is 0 Å². The average molecular weight is 343 g/mol. The molecule has 8 nitrogen and oxygen atoms in total. The van der Waals surface area contributed by atoms with Crippen LogP contribution in [0.25, 0.3) is 0 Å². The Kier molecular flexibility index (Phi) is 3.89. The van der Waals surface area contributed by atoms with Crippen LogP contribution in [0.1, 0.15) is 28.4 Å². The lowest BCUT2D eigenvalue weighted by atomic mass is 9.87. The number of ether oxygens (including phenoxy) is 2. The number of aromatic nitrogens is 2. The minimum absolute atomic E-state index is 0.0814. The zero-order valence-corrected chi connectivity index (χ0v) is 13.3. The molecular weight excluding hydrogens is 326 g/mol. The number of amides is 1. The highest BCUT2D eigenvalue weighted by Gasteiger charge is 2.32. The van der Waals surface area contributed by atoms with Gasteiger partial charge in [-0.3, -0.25) is 9.59 Å². The molecule has 1 aromatic heterocycles. The number of benzene rings is 1. The molecule has 2 aliphatic rings. The summed E-state index contributed by atoms with van der Waals surface area (Å²) in [4.78, 5) is 25.0. The number of β-amino-alcohol motifs (C(OH)–C–C–N with tert-alkyl or cyclic N) is 1. The van der Waals surface area contributed by atoms with Crippen LogP contribution in [0.2, 0.25) is 0 Å². The summed E-state index contributed by atoms with van der Waals surface area (Å²) in [6, 6.07) is 8.29. The highest BCUT2D eigenvalue weighted by Crippen LogP contribution is 2.37. The Bertz CT molecular complexity index is 845. The molecule has 1 amide bonds. The van der Waals surface area contributed by atoms with Crippen molar-refractivity contribution in [3.05, 3.63) is 51.9 Å². The van der Waals surface area contributed by atoms with Gasteiger partial charge in [-0.2, -0.15) is 5.10 Å². The molecule has 0 saturated carbocycles. The minimum atomic E-state index is -0.694. The number of rotatable bonds is 2. The maximum Gasteiger partial charge on any atom is 0.274 e. The molecule has 2 N–H and O–H groups in total. The summed E-state index contributed by atoms with van der Waals surface area (Å²) in [5, 5.41) is 16.5. The maximum absolute atomic E-state index is 12.4. The molecule has 2 aliphatic heterocycles. The Hall–Kier alpha value is -2.87. The SMILES string of the molecule is O=C(c1ccc(=O)[nH]n1)N1CC[C@@H](c2ccc3c(c2)OCO3)[C@H](O)C1. The van der Waals surface area contributed by atoms with Crippen molar-refractivity contribution >= 4 is 5.91 Å². The van der Waals surface area contributed by atoms with E-state index in [1.54, 1.807) is 4.90 Å². The number of aromatic amines is 1. The van der Waals surface area contributed by atoms with Gasteiger partial charge in [0.25, 0.3) is 11.5 Å². The van der Waals surface area contributed by atoms with Crippen LogP contribution in [0.15, 0.2) is 35.1 Å². The molecule has 3 heterocycles. The number of hydrogen-bond acceptors (Lipinski definition) is 6. The summed E-state index contributed by atoms with van der Waals surface area (Å²) < 4.78 is 10.7. The number of carbonyl (C=O) groups is 1. The van der Waals surface area contributed by atoms with E-state index in [4.69, 9.17) is 9.47 Å². The van der Waals surface area contributed by atoms with Crippen molar-refractivity contribution < 1.29 is 19.4 Å². The molecule has 2 atom stereocenters. The third-order valence-electron chi connectivity index (χ3n) is 4.59. The van der Waals surface area contributed by atoms with Crippen molar-refractivity contribution in [3.8, 4) is 11.5 Å². The Morgan fingerprint density at radius 3 is 2.84 bits per heavy atom. The predicted molar refractivity (Wildman–Crippen MR) is 86.7 cm³/mol. The third kappa shape index (κ3) is 2.96. The van der Waals surface area contributed by atoms with Gasteiger partial charge in [-0.05, 0) is 30.2 Å². The van der Waals surface area contributed by atoms with E-state index in [-0.39, 0.29) is 36.4 Å². The van der Waals surface area contributed by atoms with Crippen LogP contribution < -0.4 is 15.0 Å². The number of piperidine rings is 1. The number of likely N-dealkylation sites (tertiary alicyclic amines) is 1. The van der Waals surface area contributed by atoms with Crippen LogP contribution in [0.3, 0.4) is 0 Å². The van der Waals surface area contributed by atoms with E-state index in [2.05, 4.69) is 10.2 Å². The van der Waals surface area contributed by atoms with Crippen LogP contribution in [-0.2, 0) is 0 Å². The Balaban J connectivity index is 1.47. The fourth-order valence-electron chi connectivity index (χ4n) is 3.27. The van der Waals surface area contributed by atoms with Crippen LogP contribution in [0.5, 0.6) is 11.5 Å². The normalized spacial score (nSPS) is 22.0. The van der Waals surface area contributed by atoms with Crippen molar-refractivity contribution in [3.63, 3.8) is 0 Å². The van der Waals surface area contributed by atoms with Crippen LogP contribution in [0, 0.1) is 0 Å². The molecule has 8 heteroatoms. The summed E-state index contributed by atoms with van der Waals surface area (Å²) in [5.41, 5.74) is 0.762. The van der Waals surface area contributed by atoms with Crippen molar-refractivity contribution in [1.82, 2.24) is 15.1 Å². The summed E-state index contributed by atoms with van der Waals surface area (Å²) in [5.74, 6) is 0.997. The molecule has 25 heavy (non-hydrogen) atoms. The van der Waals surface area contributed by atoms with Gasteiger partial charge in [-0.25, -0.2) is 5.10 Å². The maximum atomic E-state index is 12.4. The largest absolute Gasteiger partial charge is 0.454 e. The highest BCUT2D eigenvalue weighted by molar-refractivity contribution is 5.92. The second-order valence-electron chi connectivity index (χ2n) is 6.13. The lowest BCUT2D eigenvalue weighted by Gasteiger charge is -2.36. The molecule has 0 aliphatic carbocycles. The van der Waals surface area contributed by atoms with E-state index in [0.717, 1.165) is 5.56 Å². The molecule has 4 rings (SSSR count). The van der Waals surface area contributed by atoms with Gasteiger partial charge in [0.05, 0.1) is 6.10 Å². The second-order valence-corrected chi connectivity index (χ2v) is 6.13. The molecule has 0 bridgehead atoms. The fraction of sp³-hybridized carbons (Fsp3) is 0.353. The summed E-state index contributed by atoms with van der Waals surface area (Å²) in [6.45, 7) is 0.912. The third-order valence-corrected chi connectivity index (χ3v) is 4.59. The van der Waals surface area contributed by atoms with E-state index >= 15 is 0 Å². The van der Waals surface area contributed by atoms with Crippen LogP contribution >= 0.6 is 0 Å². The zero-order chi connectivity index (χ0) is 17.4. The number of H-pyrrole nitrogens is 1. The van der Waals surface area contributed by atoms with Crippen molar-refractivity contribution in [1.29, 1.82) is 0 Å². The summed E-state index contributed by atoms with van der Waals surface area (Å²) in [7, 11) is 0. The molecule has 1 fully saturated rings. The number of carbonyl (C=O) groups excluding carboxylic acids is 1. The number of aliphatic hydroxyl groups is 1. The number of hydrogen-bond donors (Lipinski definition) is 2. The number of aliphatic hydroxyl groups excluding tert-OH is 1. The fourth-order valence-corrected chi connectivity index (χ4v) is 3.27. The number of fused-ring (bicyclic) bond motifs is 1. The summed E-state index contributed by atoms with van der Waals surface area (Å²) in [6.07, 6.45) is -0.0727. The van der Waals surface area contributed by atoms with E-state index < -0.39 is 6.10 Å². The smallest absolute Gasteiger partial charge is 0.274 e. The Labute approximate surface area is 143 Å². The Morgan fingerprint density at radius 2 is 2.08 bits per heavy atom. The van der Waals surface area contributed by atoms with Crippen molar-refractivity contribution in [2.45, 2.75) is 18.4 Å². The first kappa shape index (κ1) is 15.6. The van der Waals surface area contributed by atoms with E-state index in [1.807, 2.05) is 18.2 Å². The molecule has 1 saturated heterocycles. The van der Waals surface area contributed by atoms with Gasteiger partial charge in [0.1, 0.15) is 5.69 Å². The second kappa shape index (κ2) is 6.21. The predicted octanol–water partition coefficient (Wildman–Crippen LogP) is 0.489. The lowest BCUT2D eigenvalue weighted by Crippen LogP contribution is -2.46. The van der Waals surface area contributed by atoms with Crippen molar-refractivity contribution in [2.75, 3.05) is 19.9 Å². The van der Waals surface area contributed by atoms with Crippen LogP contribution in [0.4, 0.5) is 0 Å². The molecule has 0 unspecified atom stereocenters. The van der Waals surface area contributed by atoms with Gasteiger partial charge in [-0.15, -0.1) is 0 Å². The van der Waals surface area contributed by atoms with Gasteiger partial charge >= 0.3 is 0 Å². The molecule has 0 radical (unpaired) electrons. The van der Waals surface area contributed by atoms with Gasteiger partial charge in [0.15, 0.2) is 11.5 Å². The zero-order valence-electron chi connectivity index (χ0n) is 13.3. The van der Waals surface area contributed by atoms with Crippen LogP contribution in [-0.4, -0.2) is 52.1 Å². The molecule has 1 aromatic carbocycles. The molecule has 2 aromatic rings. The van der Waals surface area contributed by atoms with E-state index in [1.165, 1.54) is 12.1 Å².